The van der Waals surface area contributed by atoms with Crippen molar-refractivity contribution < 1.29 is 32.4 Å². The Morgan fingerprint density at radius 1 is 0.940 bits per heavy atom. The van der Waals surface area contributed by atoms with E-state index in [1.165, 1.54) is 9.21 Å². The third kappa shape index (κ3) is 8.82. The fourth-order valence-corrected chi connectivity index (χ4v) is 9.98. The van der Waals surface area contributed by atoms with Crippen LogP contribution in [0.5, 0.6) is 0 Å². The molecule has 3 aliphatic carbocycles. The maximum Gasteiger partial charge on any atom is 0.315 e. The molecule has 3 saturated carbocycles. The highest BCUT2D eigenvalue weighted by atomic mass is 32.2. The van der Waals surface area contributed by atoms with E-state index in [9.17, 15) is 32.4 Å². The number of nitrogens with zero attached hydrogens (tertiary/aromatic N) is 2. The van der Waals surface area contributed by atoms with Crippen molar-refractivity contribution >= 4 is 39.6 Å². The predicted molar refractivity (Wildman–Crippen MR) is 191 cm³/mol. The molecule has 4 rings (SSSR count). The highest BCUT2D eigenvalue weighted by molar-refractivity contribution is 7.89. The molecular formula is C36H62N6O7S. The summed E-state index contributed by atoms with van der Waals surface area (Å²) < 4.78 is 28.4. The van der Waals surface area contributed by atoms with Crippen LogP contribution in [0.25, 0.3) is 0 Å². The number of Topliss-reactive ketones (excluding diaryl/α,β-unsaturated/α-hetero) is 1. The van der Waals surface area contributed by atoms with Gasteiger partial charge in [0.2, 0.25) is 27.6 Å². The molecule has 4 N–H and O–H groups in total. The van der Waals surface area contributed by atoms with Crippen molar-refractivity contribution in [1.29, 1.82) is 0 Å². The number of hydrogen-bond acceptors (Lipinski definition) is 7. The number of likely N-dealkylation sites (tertiary alicyclic amines) is 1. The number of nitrogens with one attached hydrogen (secondary N) is 4. The van der Waals surface area contributed by atoms with E-state index < -0.39 is 74.2 Å². The van der Waals surface area contributed by atoms with E-state index in [1.54, 1.807) is 7.05 Å². The van der Waals surface area contributed by atoms with Crippen molar-refractivity contribution in [2.24, 2.45) is 22.7 Å². The van der Waals surface area contributed by atoms with Crippen molar-refractivity contribution in [3.05, 3.63) is 0 Å². The molecular weight excluding hydrogens is 660 g/mol. The largest absolute Gasteiger partial charge is 0.347 e. The van der Waals surface area contributed by atoms with Crippen LogP contribution in [0, 0.1) is 22.7 Å². The van der Waals surface area contributed by atoms with Gasteiger partial charge in [-0.05, 0) is 75.5 Å². The number of piperidine rings is 1. The minimum absolute atomic E-state index is 0.00153. The van der Waals surface area contributed by atoms with Gasteiger partial charge in [-0.3, -0.25) is 19.2 Å². The Balaban J connectivity index is 1.54. The molecule has 0 aromatic rings. The molecule has 0 aromatic heterocycles. The molecule has 50 heavy (non-hydrogen) atoms. The molecule has 0 unspecified atom stereocenters. The molecule has 0 spiro atoms. The van der Waals surface area contributed by atoms with Crippen LogP contribution in [0.1, 0.15) is 120 Å². The van der Waals surface area contributed by atoms with E-state index in [4.69, 9.17) is 0 Å². The topological polar surface area (TPSA) is 174 Å². The Morgan fingerprint density at radius 3 is 2.06 bits per heavy atom. The molecule has 4 aliphatic rings. The van der Waals surface area contributed by atoms with Crippen molar-refractivity contribution in [2.75, 3.05) is 19.3 Å². The second kappa shape index (κ2) is 14.4. The van der Waals surface area contributed by atoms with Gasteiger partial charge in [0.25, 0.3) is 5.91 Å². The lowest BCUT2D eigenvalue weighted by molar-refractivity contribution is -0.145. The van der Waals surface area contributed by atoms with Gasteiger partial charge in [0.15, 0.2) is 0 Å². The van der Waals surface area contributed by atoms with Crippen LogP contribution in [-0.4, -0.2) is 102 Å². The Morgan fingerprint density at radius 2 is 1.54 bits per heavy atom. The summed E-state index contributed by atoms with van der Waals surface area (Å²) in [6, 6.07) is -3.55. The first-order chi connectivity index (χ1) is 22.9. The monoisotopic (exact) mass is 722 g/mol. The van der Waals surface area contributed by atoms with Gasteiger partial charge in [-0.2, -0.15) is 4.31 Å². The lowest BCUT2D eigenvalue weighted by Gasteiger charge is -2.42. The molecule has 0 radical (unpaired) electrons. The number of carbonyl (C=O) groups excluding carboxylic acids is 5. The molecule has 4 fully saturated rings. The SMILES string of the molecule is CCC[C@H](NC(=O)[C@@H]1[C@@H]2[C@H](CN1C(=O)[C@@H](NC(=O)NC1(CS(=O)(=O)N(C)C(C)(C)C)CCCCC1)C(C)(C)C)C2(C)C)C(=O)C(=O)NC1CC1. The van der Waals surface area contributed by atoms with Gasteiger partial charge >= 0.3 is 6.03 Å². The zero-order chi connectivity index (χ0) is 37.6. The van der Waals surface area contributed by atoms with Crippen LogP contribution in [0.2, 0.25) is 0 Å². The van der Waals surface area contributed by atoms with E-state index in [1.807, 2.05) is 48.5 Å². The van der Waals surface area contributed by atoms with E-state index in [2.05, 4.69) is 35.1 Å². The Kier molecular flexibility index (Phi) is 11.5. The predicted octanol–water partition coefficient (Wildman–Crippen LogP) is 3.08. The highest BCUT2D eigenvalue weighted by Crippen LogP contribution is 2.65. The lowest BCUT2D eigenvalue weighted by Crippen LogP contribution is -2.64. The number of hydrogen-bond donors (Lipinski definition) is 4. The van der Waals surface area contributed by atoms with Crippen LogP contribution in [-0.2, 0) is 29.2 Å². The summed E-state index contributed by atoms with van der Waals surface area (Å²) >= 11 is 0. The second-order valence-electron chi connectivity index (χ2n) is 18.0. The lowest BCUT2D eigenvalue weighted by atomic mass is 9.83. The summed E-state index contributed by atoms with van der Waals surface area (Å²) in [6.45, 7) is 17.3. The van der Waals surface area contributed by atoms with Crippen LogP contribution in [0.15, 0.2) is 0 Å². The average Bonchev–Trinajstić information content (AvgIpc) is 3.84. The third-order valence-electron chi connectivity index (χ3n) is 11.5. The minimum atomic E-state index is -3.74. The van der Waals surface area contributed by atoms with Gasteiger partial charge in [0.1, 0.15) is 12.1 Å². The van der Waals surface area contributed by atoms with Gasteiger partial charge < -0.3 is 26.2 Å². The first-order valence-electron chi connectivity index (χ1n) is 18.5. The van der Waals surface area contributed by atoms with Gasteiger partial charge in [-0.1, -0.05) is 67.2 Å². The van der Waals surface area contributed by atoms with Crippen molar-refractivity contribution in [3.8, 4) is 0 Å². The minimum Gasteiger partial charge on any atom is -0.347 e. The van der Waals surface area contributed by atoms with Gasteiger partial charge in [-0.25, -0.2) is 13.2 Å². The summed E-state index contributed by atoms with van der Waals surface area (Å²) in [6.07, 6.45) is 5.98. The molecule has 13 nitrogen and oxygen atoms in total. The number of rotatable bonds is 13. The van der Waals surface area contributed by atoms with Crippen LogP contribution >= 0.6 is 0 Å². The number of fused-ring (bicyclic) bond motifs is 1. The zero-order valence-corrected chi connectivity index (χ0v) is 32.7. The zero-order valence-electron chi connectivity index (χ0n) is 31.9. The average molecular weight is 723 g/mol. The third-order valence-corrected chi connectivity index (χ3v) is 13.8. The van der Waals surface area contributed by atoms with Crippen molar-refractivity contribution in [3.63, 3.8) is 0 Å². The summed E-state index contributed by atoms with van der Waals surface area (Å²) in [5, 5.41) is 11.4. The van der Waals surface area contributed by atoms with E-state index in [0.717, 1.165) is 32.1 Å². The molecule has 14 heteroatoms. The number of ketones is 1. The van der Waals surface area contributed by atoms with Crippen molar-refractivity contribution in [1.82, 2.24) is 30.5 Å². The van der Waals surface area contributed by atoms with E-state index in [0.29, 0.717) is 25.8 Å². The summed E-state index contributed by atoms with van der Waals surface area (Å²) in [4.78, 5) is 69.6. The Bertz CT molecular complexity index is 1440. The fraction of sp³-hybridized carbons (Fsp3) is 0.861. The number of amides is 5. The summed E-state index contributed by atoms with van der Waals surface area (Å²) in [5.41, 5.74) is -2.60. The molecule has 1 heterocycles. The molecule has 5 atom stereocenters. The van der Waals surface area contributed by atoms with Crippen LogP contribution < -0.4 is 21.3 Å². The number of urea groups is 1. The molecule has 1 aliphatic heterocycles. The standard InChI is InChI=1S/C36H62N6O7S/c1-11-15-24(27(43)30(45)37-22-16-17-22)38-29(44)26-25-23(35(25,8)9)20-42(26)31(46)28(33(2,3)4)39-32(47)40-36(18-13-12-14-19-36)21-50(48,49)41(10)34(5,6)7/h22-26,28H,11-21H2,1-10H3,(H,37,45)(H,38,44)(H2,39,40,47)/t23-,24-,25-,26-,28+/m0/s1. The highest BCUT2D eigenvalue weighted by Gasteiger charge is 2.70. The van der Waals surface area contributed by atoms with Gasteiger partial charge in [0.05, 0.1) is 17.3 Å². The smallest absolute Gasteiger partial charge is 0.315 e. The summed E-state index contributed by atoms with van der Waals surface area (Å²) in [5.74, 6) is -2.62. The van der Waals surface area contributed by atoms with Crippen LogP contribution in [0.3, 0.4) is 0 Å². The molecule has 1 saturated heterocycles. The first-order valence-corrected chi connectivity index (χ1v) is 20.1. The van der Waals surface area contributed by atoms with E-state index >= 15 is 0 Å². The van der Waals surface area contributed by atoms with Gasteiger partial charge in [-0.15, -0.1) is 0 Å². The Hall–Kier alpha value is -2.74. The molecule has 0 bridgehead atoms. The van der Waals surface area contributed by atoms with Crippen LogP contribution in [0.4, 0.5) is 4.79 Å². The maximum absolute atomic E-state index is 14.5. The maximum atomic E-state index is 14.5. The van der Waals surface area contributed by atoms with Crippen molar-refractivity contribution in [2.45, 2.75) is 155 Å². The normalized spacial score (nSPS) is 25.6. The van der Waals surface area contributed by atoms with E-state index in [-0.39, 0.29) is 35.5 Å². The summed E-state index contributed by atoms with van der Waals surface area (Å²) in [7, 11) is -2.19. The van der Waals surface area contributed by atoms with Gasteiger partial charge in [0, 0.05) is 25.2 Å². The first kappa shape index (κ1) is 40.0. The molecule has 5 amide bonds. The second-order valence-corrected chi connectivity index (χ2v) is 20.0. The molecule has 0 aromatic carbocycles. The quantitative estimate of drug-likeness (QED) is 0.212. The Labute approximate surface area is 299 Å². The molecule has 284 valence electrons. The fourth-order valence-electron chi connectivity index (χ4n) is 7.89. The number of carbonyl (C=O) groups is 5. The number of sulfonamides is 1.